The predicted molar refractivity (Wildman–Crippen MR) is 123 cm³/mol. The highest BCUT2D eigenvalue weighted by atomic mass is 35.5. The Labute approximate surface area is 210 Å². The quantitative estimate of drug-likeness (QED) is 0.491. The number of hydrogen-bond acceptors (Lipinski definition) is 6. The van der Waals surface area contributed by atoms with Crippen molar-refractivity contribution in [3.8, 4) is 11.5 Å². The number of halogens is 4. The zero-order chi connectivity index (χ0) is 25.8. The number of pyridine rings is 1. The first kappa shape index (κ1) is 25.0. The fourth-order valence-corrected chi connectivity index (χ4v) is 4.98. The van der Waals surface area contributed by atoms with Crippen molar-refractivity contribution >= 4 is 17.6 Å². The van der Waals surface area contributed by atoms with Crippen molar-refractivity contribution in [3.05, 3.63) is 56.0 Å². The number of carbonyl (C=O) groups excluding carboxylic acids is 1. The molecule has 0 N–H and O–H groups in total. The summed E-state index contributed by atoms with van der Waals surface area (Å²) in [7, 11) is 0. The molecule has 36 heavy (non-hydrogen) atoms. The third-order valence-corrected chi connectivity index (χ3v) is 6.96. The molecule has 0 amide bonds. The van der Waals surface area contributed by atoms with Crippen LogP contribution in [0.1, 0.15) is 66.0 Å². The smallest absolute Gasteiger partial charge is 0.422 e. The minimum absolute atomic E-state index is 0.00301. The Balaban J connectivity index is 1.67. The topological polar surface area (TPSA) is 76.0 Å². The molecular formula is C25H25ClF3NO6. The van der Waals surface area contributed by atoms with Gasteiger partial charge in [-0.15, -0.1) is 0 Å². The number of nitrogens with zero attached hydrogens (tertiary/aromatic N) is 1. The monoisotopic (exact) mass is 527 g/mol. The van der Waals surface area contributed by atoms with Crippen LogP contribution in [0.5, 0.6) is 11.5 Å². The van der Waals surface area contributed by atoms with Crippen molar-refractivity contribution in [1.29, 1.82) is 0 Å². The summed E-state index contributed by atoms with van der Waals surface area (Å²) in [5, 5.41) is 0.00301. The summed E-state index contributed by atoms with van der Waals surface area (Å²) in [5.41, 5.74) is 0.944. The van der Waals surface area contributed by atoms with Crippen molar-refractivity contribution in [1.82, 2.24) is 4.57 Å². The fraction of sp³-hybridized carbons (Fsp3) is 0.520. The van der Waals surface area contributed by atoms with Crippen molar-refractivity contribution < 1.29 is 36.9 Å². The third-order valence-electron chi connectivity index (χ3n) is 6.67. The standard InChI is InChI=1S/C25H25ClF3NO6/c1-3-34-23(32)16-8-15-18(30(22(16)31)14-4-5-14)7-13-6-17(26)20(35-12-25(27,28)29)9-19(13)36-21(15)24(2)10-33-11-24/h6,8-9,14,21H,3-5,7,10-12H2,1-2H3. The first-order valence-electron chi connectivity index (χ1n) is 11.7. The zero-order valence-corrected chi connectivity index (χ0v) is 20.5. The van der Waals surface area contributed by atoms with Gasteiger partial charge < -0.3 is 23.5 Å². The molecule has 1 aliphatic carbocycles. The van der Waals surface area contributed by atoms with E-state index in [0.29, 0.717) is 35.8 Å². The molecule has 11 heteroatoms. The summed E-state index contributed by atoms with van der Waals surface area (Å²) in [6, 6.07) is 4.35. The third kappa shape index (κ3) is 4.56. The summed E-state index contributed by atoms with van der Waals surface area (Å²) in [6.45, 7) is 2.99. The number of carbonyl (C=O) groups is 1. The summed E-state index contributed by atoms with van der Waals surface area (Å²) in [6.07, 6.45) is -3.34. The average molecular weight is 528 g/mol. The minimum Gasteiger partial charge on any atom is -0.484 e. The number of rotatable bonds is 6. The number of benzene rings is 1. The van der Waals surface area contributed by atoms with Crippen LogP contribution in [0.3, 0.4) is 0 Å². The number of alkyl halides is 3. The maximum atomic E-state index is 13.4. The molecule has 1 atom stereocenters. The largest absolute Gasteiger partial charge is 0.484 e. The Morgan fingerprint density at radius 3 is 2.56 bits per heavy atom. The second-order valence-electron chi connectivity index (χ2n) is 9.70. The van der Waals surface area contributed by atoms with Gasteiger partial charge in [-0.3, -0.25) is 4.79 Å². The van der Waals surface area contributed by atoms with Gasteiger partial charge in [0, 0.05) is 35.3 Å². The van der Waals surface area contributed by atoms with E-state index in [-0.39, 0.29) is 35.4 Å². The molecule has 1 saturated heterocycles. The van der Waals surface area contributed by atoms with Crippen molar-refractivity contribution in [2.75, 3.05) is 26.4 Å². The first-order valence-corrected chi connectivity index (χ1v) is 12.1. The van der Waals surface area contributed by atoms with E-state index in [9.17, 15) is 22.8 Å². The molecule has 3 heterocycles. The number of aromatic nitrogens is 1. The maximum Gasteiger partial charge on any atom is 0.422 e. The number of esters is 1. The number of hydrogen-bond donors (Lipinski definition) is 0. The molecule has 194 valence electrons. The molecule has 1 saturated carbocycles. The van der Waals surface area contributed by atoms with E-state index in [1.807, 2.05) is 6.92 Å². The lowest BCUT2D eigenvalue weighted by Crippen LogP contribution is -2.47. The second kappa shape index (κ2) is 8.99. The van der Waals surface area contributed by atoms with Gasteiger partial charge in [0.05, 0.1) is 30.3 Å². The zero-order valence-electron chi connectivity index (χ0n) is 19.7. The van der Waals surface area contributed by atoms with Gasteiger partial charge in [0.25, 0.3) is 5.56 Å². The molecule has 2 aliphatic heterocycles. The molecule has 5 rings (SSSR count). The number of fused-ring (bicyclic) bond motifs is 2. The molecular weight excluding hydrogens is 503 g/mol. The van der Waals surface area contributed by atoms with Crippen LogP contribution in [-0.4, -0.2) is 43.1 Å². The lowest BCUT2D eigenvalue weighted by molar-refractivity contribution is -0.156. The highest BCUT2D eigenvalue weighted by Crippen LogP contribution is 2.49. The molecule has 3 aliphatic rings. The fourth-order valence-electron chi connectivity index (χ4n) is 4.74. The lowest BCUT2D eigenvalue weighted by Gasteiger charge is -2.44. The Morgan fingerprint density at radius 1 is 1.25 bits per heavy atom. The van der Waals surface area contributed by atoms with Crippen LogP contribution in [0, 0.1) is 5.41 Å². The van der Waals surface area contributed by atoms with Crippen molar-refractivity contribution in [2.24, 2.45) is 5.41 Å². The van der Waals surface area contributed by atoms with Gasteiger partial charge >= 0.3 is 12.1 Å². The molecule has 0 spiro atoms. The van der Waals surface area contributed by atoms with Gasteiger partial charge in [-0.05, 0) is 31.9 Å². The van der Waals surface area contributed by atoms with Crippen LogP contribution >= 0.6 is 11.6 Å². The lowest BCUT2D eigenvalue weighted by atomic mass is 9.78. The van der Waals surface area contributed by atoms with Gasteiger partial charge in [0.15, 0.2) is 6.61 Å². The Kier molecular flexibility index (Phi) is 6.23. The molecule has 1 aromatic heterocycles. The average Bonchev–Trinajstić information content (AvgIpc) is 3.62. The van der Waals surface area contributed by atoms with E-state index in [1.165, 1.54) is 18.2 Å². The Bertz CT molecular complexity index is 1270. The van der Waals surface area contributed by atoms with E-state index in [4.69, 9.17) is 30.5 Å². The van der Waals surface area contributed by atoms with Gasteiger partial charge in [0.1, 0.15) is 23.2 Å². The van der Waals surface area contributed by atoms with Crippen LogP contribution in [0.4, 0.5) is 13.2 Å². The number of ether oxygens (including phenoxy) is 4. The molecule has 2 fully saturated rings. The summed E-state index contributed by atoms with van der Waals surface area (Å²) < 4.78 is 62.0. The minimum atomic E-state index is -4.53. The van der Waals surface area contributed by atoms with E-state index in [2.05, 4.69) is 0 Å². The van der Waals surface area contributed by atoms with Crippen LogP contribution < -0.4 is 15.0 Å². The van der Waals surface area contributed by atoms with Crippen LogP contribution in [0.2, 0.25) is 5.02 Å². The Hall–Kier alpha value is -2.72. The maximum absolute atomic E-state index is 13.4. The molecule has 1 unspecified atom stereocenters. The van der Waals surface area contributed by atoms with Crippen LogP contribution in [-0.2, 0) is 15.9 Å². The SMILES string of the molecule is CCOC(=O)c1cc2c(n(C3CC3)c1=O)Cc1cc(Cl)c(OCC(F)(F)F)cc1OC2C1(C)COC1. The van der Waals surface area contributed by atoms with E-state index in [0.717, 1.165) is 12.8 Å². The normalized spacial score (nSPS) is 20.3. The molecule has 0 radical (unpaired) electrons. The van der Waals surface area contributed by atoms with Crippen molar-refractivity contribution in [2.45, 2.75) is 51.4 Å². The highest BCUT2D eigenvalue weighted by molar-refractivity contribution is 6.32. The first-order chi connectivity index (χ1) is 17.0. The molecule has 1 aromatic carbocycles. The van der Waals surface area contributed by atoms with E-state index < -0.39 is 35.8 Å². The van der Waals surface area contributed by atoms with Gasteiger partial charge in [-0.25, -0.2) is 4.79 Å². The van der Waals surface area contributed by atoms with Gasteiger partial charge in [0.2, 0.25) is 0 Å². The van der Waals surface area contributed by atoms with Crippen molar-refractivity contribution in [3.63, 3.8) is 0 Å². The Morgan fingerprint density at radius 2 is 1.97 bits per heavy atom. The van der Waals surface area contributed by atoms with Crippen LogP contribution in [0.25, 0.3) is 0 Å². The van der Waals surface area contributed by atoms with E-state index in [1.54, 1.807) is 11.5 Å². The highest BCUT2D eigenvalue weighted by Gasteiger charge is 2.47. The van der Waals surface area contributed by atoms with Crippen LogP contribution in [0.15, 0.2) is 23.0 Å². The molecule has 2 aromatic rings. The summed E-state index contributed by atoms with van der Waals surface area (Å²) >= 11 is 6.29. The predicted octanol–water partition coefficient (Wildman–Crippen LogP) is 5.02. The molecule has 7 nitrogen and oxygen atoms in total. The second-order valence-corrected chi connectivity index (χ2v) is 10.1. The van der Waals surface area contributed by atoms with E-state index >= 15 is 0 Å². The molecule has 0 bridgehead atoms. The summed E-state index contributed by atoms with van der Waals surface area (Å²) in [5.74, 6) is -0.557. The van der Waals surface area contributed by atoms with Gasteiger partial charge in [-0.1, -0.05) is 18.5 Å². The van der Waals surface area contributed by atoms with Gasteiger partial charge in [-0.2, -0.15) is 13.2 Å². The summed E-state index contributed by atoms with van der Waals surface area (Å²) in [4.78, 5) is 26.2.